The van der Waals surface area contributed by atoms with Crippen LogP contribution in [-0.2, 0) is 20.9 Å². The summed E-state index contributed by atoms with van der Waals surface area (Å²) in [6.07, 6.45) is 7.85. The fourth-order valence-corrected chi connectivity index (χ4v) is 6.60. The molecule has 2 aromatic rings. The van der Waals surface area contributed by atoms with Crippen LogP contribution in [0.25, 0.3) is 0 Å². The molecule has 0 unspecified atom stereocenters. The molecule has 2 N–H and O–H groups in total. The molecule has 3 amide bonds. The molecule has 0 aromatic heterocycles. The third-order valence-corrected chi connectivity index (χ3v) is 8.78. The Hall–Kier alpha value is -3.79. The first kappa shape index (κ1) is 32.6. The molecule has 2 heterocycles. The van der Waals surface area contributed by atoms with Crippen LogP contribution in [0.4, 0.5) is 20.6 Å². The number of piperidine rings is 1. The van der Waals surface area contributed by atoms with Crippen LogP contribution < -0.4 is 15.5 Å². The van der Waals surface area contributed by atoms with E-state index >= 15 is 0 Å². The lowest BCUT2D eigenvalue weighted by molar-refractivity contribution is -0.154. The lowest BCUT2D eigenvalue weighted by Gasteiger charge is -2.44. The Bertz CT molecular complexity index is 1390. The summed E-state index contributed by atoms with van der Waals surface area (Å²) in [7, 11) is 0. The van der Waals surface area contributed by atoms with Crippen molar-refractivity contribution in [2.45, 2.75) is 109 Å². The first-order valence-corrected chi connectivity index (χ1v) is 16.3. The van der Waals surface area contributed by atoms with Gasteiger partial charge < -0.3 is 10.1 Å². The first-order valence-electron chi connectivity index (χ1n) is 16.3. The van der Waals surface area contributed by atoms with Gasteiger partial charge in [0, 0.05) is 43.9 Å². The van der Waals surface area contributed by atoms with E-state index in [1.165, 1.54) is 18.6 Å². The fourth-order valence-electron chi connectivity index (χ4n) is 6.60. The zero-order chi connectivity index (χ0) is 32.0. The van der Waals surface area contributed by atoms with E-state index < -0.39 is 11.1 Å². The number of likely N-dealkylation sites (tertiary alicyclic amines) is 1. The van der Waals surface area contributed by atoms with Crippen molar-refractivity contribution in [3.05, 3.63) is 59.9 Å². The second kappa shape index (κ2) is 14.1. The van der Waals surface area contributed by atoms with E-state index in [2.05, 4.69) is 15.5 Å². The summed E-state index contributed by atoms with van der Waals surface area (Å²) < 4.78 is 19.6. The highest BCUT2D eigenvalue weighted by Gasteiger charge is 2.53. The highest BCUT2D eigenvalue weighted by Crippen LogP contribution is 2.39. The van der Waals surface area contributed by atoms with Gasteiger partial charge in [0.15, 0.2) is 0 Å². The maximum absolute atomic E-state index is 14.3. The van der Waals surface area contributed by atoms with E-state index in [0.717, 1.165) is 56.7 Å². The molecular formula is C35H46FN5O4. The lowest BCUT2D eigenvalue weighted by Crippen LogP contribution is -2.57. The molecule has 0 radical (unpaired) electrons. The van der Waals surface area contributed by atoms with Crippen LogP contribution in [0.2, 0.25) is 0 Å². The van der Waals surface area contributed by atoms with E-state index in [-0.39, 0.29) is 42.6 Å². The first-order chi connectivity index (χ1) is 21.5. The van der Waals surface area contributed by atoms with Crippen molar-refractivity contribution >= 4 is 35.1 Å². The molecule has 5 rings (SSSR count). The van der Waals surface area contributed by atoms with Crippen LogP contribution in [-0.4, -0.2) is 58.9 Å². The van der Waals surface area contributed by atoms with E-state index in [1.54, 1.807) is 17.0 Å². The van der Waals surface area contributed by atoms with Crippen molar-refractivity contribution in [3.63, 3.8) is 0 Å². The summed E-state index contributed by atoms with van der Waals surface area (Å²) in [5.41, 5.74) is 1.22. The van der Waals surface area contributed by atoms with E-state index in [9.17, 15) is 18.8 Å². The Morgan fingerprint density at radius 3 is 2.42 bits per heavy atom. The van der Waals surface area contributed by atoms with Gasteiger partial charge >= 0.3 is 12.0 Å². The minimum atomic E-state index is -0.629. The number of urea groups is 1. The quantitative estimate of drug-likeness (QED) is 0.309. The van der Waals surface area contributed by atoms with Crippen LogP contribution in [0.5, 0.6) is 0 Å². The maximum Gasteiger partial charge on any atom is 0.328 e. The van der Waals surface area contributed by atoms with Crippen LogP contribution in [0, 0.1) is 5.82 Å². The molecule has 45 heavy (non-hydrogen) atoms. The van der Waals surface area contributed by atoms with E-state index in [4.69, 9.17) is 9.73 Å². The van der Waals surface area contributed by atoms with Crippen molar-refractivity contribution < 1.29 is 23.5 Å². The SMILES string of the molecule is CC(C)(C)OC(=O)CCCC(=O)Nc1ccc(CN2CCC3(CC2)C(=NC2CCCCC2)NC(=O)N3c2cccc(F)c2)cc1. The molecule has 1 aliphatic carbocycles. The standard InChI is InChI=1S/C35H46FN5O4/c1-34(2,3)45-31(43)14-8-13-30(42)37-28-17-15-25(16-18-28)24-40-21-19-35(20-22-40)32(38-27-10-5-4-6-11-27)39-33(44)41(35)29-12-7-9-26(36)23-29/h7,9,12,15-18,23,27H,4-6,8,10-11,13-14,19-22,24H2,1-3H3,(H,37,42)(H,38,39,44). The van der Waals surface area contributed by atoms with Crippen LogP contribution in [0.15, 0.2) is 53.5 Å². The van der Waals surface area contributed by atoms with Gasteiger partial charge in [-0.05, 0) is 88.8 Å². The third-order valence-electron chi connectivity index (χ3n) is 8.78. The third kappa shape index (κ3) is 8.48. The molecule has 0 atom stereocenters. The summed E-state index contributed by atoms with van der Waals surface area (Å²) in [4.78, 5) is 46.9. The number of benzene rings is 2. The van der Waals surface area contributed by atoms with Crippen molar-refractivity contribution in [2.75, 3.05) is 23.3 Å². The minimum absolute atomic E-state index is 0.138. The molecule has 242 valence electrons. The zero-order valence-electron chi connectivity index (χ0n) is 26.7. The second-order valence-electron chi connectivity index (χ2n) is 13.5. The van der Waals surface area contributed by atoms with Crippen molar-refractivity contribution in [3.8, 4) is 0 Å². The van der Waals surface area contributed by atoms with Gasteiger partial charge in [-0.25, -0.2) is 9.18 Å². The molecule has 1 saturated carbocycles. The fraction of sp³-hybridized carbons (Fsp3) is 0.543. The number of esters is 1. The molecule has 2 aromatic carbocycles. The normalized spacial score (nSPS) is 20.0. The highest BCUT2D eigenvalue weighted by molar-refractivity contribution is 6.19. The van der Waals surface area contributed by atoms with Gasteiger partial charge in [-0.15, -0.1) is 0 Å². The van der Waals surface area contributed by atoms with Gasteiger partial charge in [-0.2, -0.15) is 0 Å². The number of hydrogen-bond donors (Lipinski definition) is 2. The molecule has 2 saturated heterocycles. The van der Waals surface area contributed by atoms with Crippen LogP contribution in [0.3, 0.4) is 0 Å². The molecular weight excluding hydrogens is 573 g/mol. The Balaban J connectivity index is 1.19. The Kier molecular flexibility index (Phi) is 10.2. The molecule has 2 aliphatic heterocycles. The molecule has 1 spiro atoms. The Labute approximate surface area is 265 Å². The number of aliphatic imine (C=N–C) groups is 1. The second-order valence-corrected chi connectivity index (χ2v) is 13.5. The number of halogens is 1. The lowest BCUT2D eigenvalue weighted by atomic mass is 9.84. The monoisotopic (exact) mass is 619 g/mol. The average molecular weight is 620 g/mol. The molecule has 3 aliphatic rings. The van der Waals surface area contributed by atoms with Gasteiger partial charge in [0.05, 0.1) is 6.04 Å². The van der Waals surface area contributed by atoms with Gasteiger partial charge in [0.25, 0.3) is 0 Å². The summed E-state index contributed by atoms with van der Waals surface area (Å²) in [5, 5.41) is 5.99. The number of ether oxygens (including phenoxy) is 1. The molecule has 3 fully saturated rings. The number of nitrogens with zero attached hydrogens (tertiary/aromatic N) is 3. The predicted molar refractivity (Wildman–Crippen MR) is 174 cm³/mol. The summed E-state index contributed by atoms with van der Waals surface area (Å²) in [5.74, 6) is -0.0742. The van der Waals surface area contributed by atoms with Crippen molar-refractivity contribution in [1.29, 1.82) is 0 Å². The van der Waals surface area contributed by atoms with E-state index in [0.29, 0.717) is 30.6 Å². The highest BCUT2D eigenvalue weighted by atomic mass is 19.1. The Morgan fingerprint density at radius 1 is 1.04 bits per heavy atom. The molecule has 9 nitrogen and oxygen atoms in total. The zero-order valence-corrected chi connectivity index (χ0v) is 26.7. The number of carbonyl (C=O) groups excluding carboxylic acids is 3. The number of carbonyl (C=O) groups is 3. The smallest absolute Gasteiger partial charge is 0.328 e. The Morgan fingerprint density at radius 2 is 1.76 bits per heavy atom. The largest absolute Gasteiger partial charge is 0.460 e. The van der Waals surface area contributed by atoms with Gasteiger partial charge in [0.1, 0.15) is 22.8 Å². The van der Waals surface area contributed by atoms with Crippen LogP contribution in [0.1, 0.15) is 90.5 Å². The summed E-state index contributed by atoms with van der Waals surface area (Å²) in [6.45, 7) is 7.71. The topological polar surface area (TPSA) is 103 Å². The average Bonchev–Trinajstić information content (AvgIpc) is 3.24. The van der Waals surface area contributed by atoms with Crippen molar-refractivity contribution in [1.82, 2.24) is 10.2 Å². The number of hydrogen-bond acceptors (Lipinski definition) is 6. The number of nitrogens with one attached hydrogen (secondary N) is 2. The number of rotatable bonds is 9. The summed E-state index contributed by atoms with van der Waals surface area (Å²) in [6, 6.07) is 14.0. The predicted octanol–water partition coefficient (Wildman–Crippen LogP) is 6.57. The number of amides is 3. The molecule has 0 bridgehead atoms. The van der Waals surface area contributed by atoms with E-state index in [1.807, 2.05) is 45.0 Å². The number of amidine groups is 1. The summed E-state index contributed by atoms with van der Waals surface area (Å²) >= 11 is 0. The van der Waals surface area contributed by atoms with Crippen LogP contribution >= 0.6 is 0 Å². The molecule has 10 heteroatoms. The van der Waals surface area contributed by atoms with Gasteiger partial charge in [-0.1, -0.05) is 37.5 Å². The van der Waals surface area contributed by atoms with Gasteiger partial charge in [-0.3, -0.25) is 29.7 Å². The minimum Gasteiger partial charge on any atom is -0.460 e. The van der Waals surface area contributed by atoms with Gasteiger partial charge in [0.2, 0.25) is 5.91 Å². The van der Waals surface area contributed by atoms with Crippen molar-refractivity contribution in [2.24, 2.45) is 4.99 Å². The maximum atomic E-state index is 14.3. The number of anilines is 2.